The van der Waals surface area contributed by atoms with E-state index in [9.17, 15) is 4.79 Å². The molecule has 0 bridgehead atoms. The minimum Gasteiger partial charge on any atom is -0.468 e. The number of ether oxygens (including phenoxy) is 1. The highest BCUT2D eigenvalue weighted by molar-refractivity contribution is 5.85. The van der Waals surface area contributed by atoms with E-state index in [1.807, 2.05) is 0 Å². The zero-order chi connectivity index (χ0) is 13.5. The van der Waals surface area contributed by atoms with Crippen molar-refractivity contribution in [2.75, 3.05) is 7.11 Å². The average molecular weight is 264 g/mol. The zero-order valence-electron chi connectivity index (χ0n) is 11.5. The van der Waals surface area contributed by atoms with Crippen LogP contribution in [0, 0.1) is 5.92 Å². The van der Waals surface area contributed by atoms with Crippen molar-refractivity contribution in [3.05, 3.63) is 11.7 Å². The van der Waals surface area contributed by atoms with Crippen molar-refractivity contribution in [1.29, 1.82) is 0 Å². The third-order valence-electron chi connectivity index (χ3n) is 4.48. The largest absolute Gasteiger partial charge is 0.468 e. The van der Waals surface area contributed by atoms with Gasteiger partial charge in [-0.2, -0.15) is 4.98 Å². The molecule has 1 aromatic heterocycles. The molecule has 0 radical (unpaired) electrons. The van der Waals surface area contributed by atoms with Crippen LogP contribution in [0.3, 0.4) is 0 Å². The Morgan fingerprint density at radius 3 is 2.84 bits per heavy atom. The molecule has 2 aliphatic rings. The SMILES string of the molecule is COC(=O)C1(c2nc(C3CCCC(C)C3)no2)CC1. The lowest BCUT2D eigenvalue weighted by molar-refractivity contribution is -0.144. The van der Waals surface area contributed by atoms with E-state index in [1.165, 1.54) is 20.0 Å². The molecule has 0 aliphatic heterocycles. The Bertz CT molecular complexity index is 479. The molecule has 2 saturated carbocycles. The lowest BCUT2D eigenvalue weighted by Gasteiger charge is -2.23. The van der Waals surface area contributed by atoms with Crippen LogP contribution in [0.1, 0.15) is 63.1 Å². The van der Waals surface area contributed by atoms with Gasteiger partial charge in [-0.05, 0) is 31.6 Å². The molecule has 1 heterocycles. The Labute approximate surface area is 112 Å². The van der Waals surface area contributed by atoms with Crippen molar-refractivity contribution >= 4 is 5.97 Å². The summed E-state index contributed by atoms with van der Waals surface area (Å²) in [7, 11) is 1.41. The summed E-state index contributed by atoms with van der Waals surface area (Å²) in [4.78, 5) is 16.3. The second kappa shape index (κ2) is 4.62. The molecule has 2 unspecified atom stereocenters. The van der Waals surface area contributed by atoms with Gasteiger partial charge in [0.05, 0.1) is 7.11 Å². The molecule has 0 spiro atoms. The molecule has 0 amide bonds. The van der Waals surface area contributed by atoms with Crippen molar-refractivity contribution in [2.45, 2.75) is 56.8 Å². The van der Waals surface area contributed by atoms with E-state index in [4.69, 9.17) is 9.26 Å². The first kappa shape index (κ1) is 12.6. The van der Waals surface area contributed by atoms with E-state index in [1.54, 1.807) is 0 Å². The maximum atomic E-state index is 11.8. The Morgan fingerprint density at radius 2 is 2.21 bits per heavy atom. The van der Waals surface area contributed by atoms with Crippen molar-refractivity contribution in [2.24, 2.45) is 5.92 Å². The highest BCUT2D eigenvalue weighted by Gasteiger charge is 2.57. The third-order valence-corrected chi connectivity index (χ3v) is 4.48. The van der Waals surface area contributed by atoms with Crippen LogP contribution in [-0.4, -0.2) is 23.2 Å². The molecule has 19 heavy (non-hydrogen) atoms. The lowest BCUT2D eigenvalue weighted by Crippen LogP contribution is -2.22. The van der Waals surface area contributed by atoms with E-state index >= 15 is 0 Å². The molecule has 0 saturated heterocycles. The molecule has 2 aliphatic carbocycles. The number of esters is 1. The van der Waals surface area contributed by atoms with Crippen molar-refractivity contribution in [1.82, 2.24) is 10.1 Å². The van der Waals surface area contributed by atoms with E-state index in [-0.39, 0.29) is 5.97 Å². The summed E-state index contributed by atoms with van der Waals surface area (Å²) in [5.74, 6) is 2.08. The summed E-state index contributed by atoms with van der Waals surface area (Å²) in [6.45, 7) is 2.27. The second-order valence-electron chi connectivity index (χ2n) is 6.00. The number of rotatable bonds is 3. The minimum absolute atomic E-state index is 0.250. The normalized spacial score (nSPS) is 28.9. The van der Waals surface area contributed by atoms with Gasteiger partial charge in [0.1, 0.15) is 5.41 Å². The predicted octanol–water partition coefficient (Wildman–Crippen LogP) is 2.57. The standard InChI is InChI=1S/C14H20N2O3/c1-9-4-3-5-10(8-9)11-15-12(19-16-11)14(6-7-14)13(17)18-2/h9-10H,3-8H2,1-2H3. The zero-order valence-corrected chi connectivity index (χ0v) is 11.5. The van der Waals surface area contributed by atoms with Gasteiger partial charge in [-0.1, -0.05) is 24.9 Å². The molecular formula is C14H20N2O3. The van der Waals surface area contributed by atoms with Crippen LogP contribution < -0.4 is 0 Å². The summed E-state index contributed by atoms with van der Waals surface area (Å²) in [5, 5.41) is 4.10. The number of methoxy groups -OCH3 is 1. The van der Waals surface area contributed by atoms with E-state index in [0.29, 0.717) is 11.8 Å². The summed E-state index contributed by atoms with van der Waals surface area (Å²) in [5.41, 5.74) is -0.639. The first-order valence-corrected chi connectivity index (χ1v) is 7.08. The number of hydrogen-bond donors (Lipinski definition) is 0. The predicted molar refractivity (Wildman–Crippen MR) is 67.6 cm³/mol. The number of carbonyl (C=O) groups excluding carboxylic acids is 1. The van der Waals surface area contributed by atoms with Gasteiger partial charge >= 0.3 is 5.97 Å². The van der Waals surface area contributed by atoms with E-state index in [2.05, 4.69) is 17.1 Å². The average Bonchev–Trinajstić information content (AvgIpc) is 3.08. The van der Waals surface area contributed by atoms with Crippen molar-refractivity contribution in [3.8, 4) is 0 Å². The topological polar surface area (TPSA) is 65.2 Å². The molecule has 3 rings (SSSR count). The summed E-state index contributed by atoms with van der Waals surface area (Å²) in [6.07, 6.45) is 6.24. The minimum atomic E-state index is -0.639. The fraction of sp³-hybridized carbons (Fsp3) is 0.786. The maximum absolute atomic E-state index is 11.8. The summed E-state index contributed by atoms with van der Waals surface area (Å²) in [6, 6.07) is 0. The van der Waals surface area contributed by atoms with Crippen LogP contribution in [0.2, 0.25) is 0 Å². The van der Waals surface area contributed by atoms with Crippen LogP contribution >= 0.6 is 0 Å². The Kier molecular flexibility index (Phi) is 3.07. The molecule has 1 aromatic rings. The highest BCUT2D eigenvalue weighted by Crippen LogP contribution is 2.49. The molecule has 104 valence electrons. The summed E-state index contributed by atoms with van der Waals surface area (Å²) < 4.78 is 10.2. The second-order valence-corrected chi connectivity index (χ2v) is 6.00. The molecule has 0 aromatic carbocycles. The van der Waals surface area contributed by atoms with Gasteiger partial charge in [0, 0.05) is 5.92 Å². The Morgan fingerprint density at radius 1 is 1.42 bits per heavy atom. The first-order valence-electron chi connectivity index (χ1n) is 7.08. The molecule has 0 N–H and O–H groups in total. The van der Waals surface area contributed by atoms with Crippen LogP contribution in [0.4, 0.5) is 0 Å². The van der Waals surface area contributed by atoms with Crippen LogP contribution in [0.25, 0.3) is 0 Å². The van der Waals surface area contributed by atoms with Gasteiger partial charge in [-0.25, -0.2) is 0 Å². The molecule has 5 heteroatoms. The third kappa shape index (κ3) is 2.15. The van der Waals surface area contributed by atoms with Gasteiger partial charge in [0.15, 0.2) is 5.82 Å². The van der Waals surface area contributed by atoms with Gasteiger partial charge < -0.3 is 9.26 Å². The molecule has 2 fully saturated rings. The maximum Gasteiger partial charge on any atom is 0.321 e. The van der Waals surface area contributed by atoms with Gasteiger partial charge in [0.2, 0.25) is 5.89 Å². The smallest absolute Gasteiger partial charge is 0.321 e. The Balaban J connectivity index is 1.78. The van der Waals surface area contributed by atoms with Crippen LogP contribution in [0.5, 0.6) is 0 Å². The number of hydrogen-bond acceptors (Lipinski definition) is 5. The van der Waals surface area contributed by atoms with E-state index in [0.717, 1.165) is 37.4 Å². The van der Waals surface area contributed by atoms with Crippen LogP contribution in [0.15, 0.2) is 4.52 Å². The highest BCUT2D eigenvalue weighted by atomic mass is 16.5. The van der Waals surface area contributed by atoms with Crippen molar-refractivity contribution < 1.29 is 14.1 Å². The van der Waals surface area contributed by atoms with Gasteiger partial charge in [-0.3, -0.25) is 4.79 Å². The first-order chi connectivity index (χ1) is 9.15. The lowest BCUT2D eigenvalue weighted by atomic mass is 9.82. The summed E-state index contributed by atoms with van der Waals surface area (Å²) >= 11 is 0. The molecule has 2 atom stereocenters. The number of aromatic nitrogens is 2. The fourth-order valence-electron chi connectivity index (χ4n) is 3.09. The fourth-order valence-corrected chi connectivity index (χ4v) is 3.09. The van der Waals surface area contributed by atoms with Gasteiger partial charge in [0.25, 0.3) is 0 Å². The quantitative estimate of drug-likeness (QED) is 0.785. The monoisotopic (exact) mass is 264 g/mol. The number of nitrogens with zero attached hydrogens (tertiary/aromatic N) is 2. The van der Waals surface area contributed by atoms with Crippen molar-refractivity contribution in [3.63, 3.8) is 0 Å². The van der Waals surface area contributed by atoms with Gasteiger partial charge in [-0.15, -0.1) is 0 Å². The van der Waals surface area contributed by atoms with E-state index < -0.39 is 5.41 Å². The molecule has 5 nitrogen and oxygen atoms in total. The Hall–Kier alpha value is -1.39. The number of carbonyl (C=O) groups is 1. The van der Waals surface area contributed by atoms with Crippen LogP contribution in [-0.2, 0) is 14.9 Å². The molecular weight excluding hydrogens is 244 g/mol.